The quantitative estimate of drug-likeness (QED) is 0.120. The van der Waals surface area contributed by atoms with Crippen molar-refractivity contribution in [3.8, 4) is 11.8 Å². The molecule has 47 heavy (non-hydrogen) atoms. The molecule has 250 valence electrons. The lowest BCUT2D eigenvalue weighted by molar-refractivity contribution is -0.137. The molecule has 4 rings (SSSR count). The summed E-state index contributed by atoms with van der Waals surface area (Å²) in [6.07, 6.45) is -4.79. The van der Waals surface area contributed by atoms with Crippen LogP contribution in [0.4, 0.5) is 24.5 Å². The van der Waals surface area contributed by atoms with Crippen molar-refractivity contribution in [2.24, 2.45) is 0 Å². The van der Waals surface area contributed by atoms with Gasteiger partial charge in [0.05, 0.1) is 60.8 Å². The number of benzene rings is 3. The fourth-order valence-electron chi connectivity index (χ4n) is 4.67. The molecule has 3 aromatic rings. The molecule has 0 spiro atoms. The Morgan fingerprint density at radius 3 is 2.04 bits per heavy atom. The lowest BCUT2D eigenvalue weighted by atomic mass is 10.0. The van der Waals surface area contributed by atoms with E-state index in [-0.39, 0.29) is 55.3 Å². The highest BCUT2D eigenvalue weighted by Gasteiger charge is 2.50. The van der Waals surface area contributed by atoms with Gasteiger partial charge in [0.25, 0.3) is 16.0 Å². The largest absolute Gasteiger partial charge is 0.491 e. The Labute approximate surface area is 276 Å². The van der Waals surface area contributed by atoms with Gasteiger partial charge in [0.2, 0.25) is 0 Å². The first-order chi connectivity index (χ1) is 22.2. The van der Waals surface area contributed by atoms with Gasteiger partial charge in [-0.2, -0.15) is 26.9 Å². The van der Waals surface area contributed by atoms with Crippen molar-refractivity contribution < 1.29 is 44.8 Å². The molecule has 0 aromatic heterocycles. The van der Waals surface area contributed by atoms with E-state index in [4.69, 9.17) is 35.9 Å². The number of halogens is 3. The number of amides is 1. The second-order valence-electron chi connectivity index (χ2n) is 10.8. The zero-order valence-electron chi connectivity index (χ0n) is 25.7. The van der Waals surface area contributed by atoms with Crippen LogP contribution < -0.4 is 14.5 Å². The number of thiocarbonyl (C=S) groups is 1. The third kappa shape index (κ3) is 8.45. The second kappa shape index (κ2) is 14.8. The Hall–Kier alpha value is -4.07. The van der Waals surface area contributed by atoms with Gasteiger partial charge in [-0.1, -0.05) is 17.7 Å². The Balaban J connectivity index is 1.22. The molecule has 1 saturated heterocycles. The van der Waals surface area contributed by atoms with Crippen molar-refractivity contribution in [1.82, 2.24) is 0 Å². The number of hydrogen-bond donors (Lipinski definition) is 0. The topological polar surface area (TPSA) is 118 Å². The first-order valence-electron chi connectivity index (χ1n) is 14.3. The van der Waals surface area contributed by atoms with Gasteiger partial charge >= 0.3 is 6.18 Å². The predicted octanol–water partition coefficient (Wildman–Crippen LogP) is 5.62. The summed E-state index contributed by atoms with van der Waals surface area (Å²) in [7, 11) is -3.85. The van der Waals surface area contributed by atoms with Crippen LogP contribution in [0, 0.1) is 18.3 Å². The summed E-state index contributed by atoms with van der Waals surface area (Å²) in [5, 5.41) is 9.10. The standard InChI is InChI=1S/C32H32F3N3O7S2/c1-22-4-12-27(13-5-22)47(40,41)45-19-17-43-15-14-42-16-18-44-26-10-8-24(9-11-26)38-30(46)37(29(39)31(38,2)3)25-7-6-23(21-36)28(20-25)32(33,34)35/h4-13,20H,14-19H2,1-3H3. The summed E-state index contributed by atoms with van der Waals surface area (Å²) >= 11 is 5.56. The van der Waals surface area contributed by atoms with Crippen LogP contribution in [0.2, 0.25) is 0 Å². The van der Waals surface area contributed by atoms with Gasteiger partial charge in [-0.05, 0) is 87.6 Å². The predicted molar refractivity (Wildman–Crippen MR) is 171 cm³/mol. The number of nitriles is 1. The Bertz CT molecular complexity index is 1740. The van der Waals surface area contributed by atoms with E-state index >= 15 is 0 Å². The number of aryl methyl sites for hydroxylation is 1. The maximum Gasteiger partial charge on any atom is 0.417 e. The summed E-state index contributed by atoms with van der Waals surface area (Å²) in [5.41, 5.74) is -1.56. The third-order valence-electron chi connectivity index (χ3n) is 7.09. The number of anilines is 2. The fourth-order valence-corrected chi connectivity index (χ4v) is 6.08. The summed E-state index contributed by atoms with van der Waals surface area (Å²) in [4.78, 5) is 16.0. The van der Waals surface area contributed by atoms with E-state index in [1.807, 2.05) is 6.92 Å². The number of carbonyl (C=O) groups is 1. The fraction of sp³-hybridized carbons (Fsp3) is 0.344. The summed E-state index contributed by atoms with van der Waals surface area (Å²) in [6.45, 7) is 5.97. The van der Waals surface area contributed by atoms with E-state index in [2.05, 4.69) is 0 Å². The summed E-state index contributed by atoms with van der Waals surface area (Å²) < 4.78 is 86.5. The Morgan fingerprint density at radius 1 is 0.872 bits per heavy atom. The summed E-state index contributed by atoms with van der Waals surface area (Å²) in [5.74, 6) is -0.0184. The van der Waals surface area contributed by atoms with Gasteiger partial charge in [0.15, 0.2) is 5.11 Å². The first kappa shape index (κ1) is 35.8. The van der Waals surface area contributed by atoms with Crippen LogP contribution in [0.5, 0.6) is 5.75 Å². The van der Waals surface area contributed by atoms with Crippen LogP contribution in [0.25, 0.3) is 0 Å². The molecule has 0 unspecified atom stereocenters. The normalized spacial score (nSPS) is 14.8. The lowest BCUT2D eigenvalue weighted by Crippen LogP contribution is -2.44. The van der Waals surface area contributed by atoms with E-state index in [0.717, 1.165) is 22.6 Å². The van der Waals surface area contributed by atoms with Crippen molar-refractivity contribution in [3.63, 3.8) is 0 Å². The number of rotatable bonds is 14. The molecule has 0 aliphatic carbocycles. The third-order valence-corrected chi connectivity index (χ3v) is 8.79. The van der Waals surface area contributed by atoms with Gasteiger partial charge in [0.1, 0.15) is 17.9 Å². The van der Waals surface area contributed by atoms with Gasteiger partial charge < -0.3 is 19.1 Å². The molecule has 0 saturated carbocycles. The molecule has 1 fully saturated rings. The first-order valence-corrected chi connectivity index (χ1v) is 16.1. The minimum atomic E-state index is -4.79. The van der Waals surface area contributed by atoms with Crippen molar-refractivity contribution in [1.29, 1.82) is 5.26 Å². The lowest BCUT2D eigenvalue weighted by Gasteiger charge is -2.29. The molecule has 0 bridgehead atoms. The molecule has 1 aliphatic heterocycles. The number of carbonyl (C=O) groups excluding carboxylic acids is 1. The highest BCUT2D eigenvalue weighted by atomic mass is 32.2. The van der Waals surface area contributed by atoms with Gasteiger partial charge in [-0.3, -0.25) is 13.9 Å². The van der Waals surface area contributed by atoms with E-state index in [9.17, 15) is 26.4 Å². The van der Waals surface area contributed by atoms with Crippen molar-refractivity contribution in [3.05, 3.63) is 83.4 Å². The number of hydrogen-bond acceptors (Lipinski definition) is 9. The average molecular weight is 692 g/mol. The number of nitrogens with zero attached hydrogens (tertiary/aromatic N) is 3. The molecule has 0 N–H and O–H groups in total. The van der Waals surface area contributed by atoms with Crippen LogP contribution in [0.1, 0.15) is 30.5 Å². The molecule has 0 atom stereocenters. The maximum absolute atomic E-state index is 13.6. The van der Waals surface area contributed by atoms with Crippen molar-refractivity contribution in [2.45, 2.75) is 37.4 Å². The minimum absolute atomic E-state index is 0.0124. The van der Waals surface area contributed by atoms with Crippen LogP contribution in [0.3, 0.4) is 0 Å². The van der Waals surface area contributed by atoms with E-state index < -0.39 is 38.9 Å². The van der Waals surface area contributed by atoms with Crippen LogP contribution in [0.15, 0.2) is 71.6 Å². The van der Waals surface area contributed by atoms with E-state index in [1.54, 1.807) is 55.1 Å². The highest BCUT2D eigenvalue weighted by Crippen LogP contribution is 2.40. The van der Waals surface area contributed by atoms with Gasteiger partial charge in [0, 0.05) is 5.69 Å². The zero-order chi connectivity index (χ0) is 34.4. The SMILES string of the molecule is Cc1ccc(S(=O)(=O)OCCOCCOCCOc2ccc(N3C(=S)N(c4ccc(C#N)c(C(F)(F)F)c4)C(=O)C3(C)C)cc2)cc1. The minimum Gasteiger partial charge on any atom is -0.491 e. The zero-order valence-corrected chi connectivity index (χ0v) is 27.4. The van der Waals surface area contributed by atoms with Crippen LogP contribution in [-0.4, -0.2) is 64.6 Å². The highest BCUT2D eigenvalue weighted by molar-refractivity contribution is 7.86. The number of ether oxygens (including phenoxy) is 3. The van der Waals surface area contributed by atoms with E-state index in [0.29, 0.717) is 11.4 Å². The monoisotopic (exact) mass is 691 g/mol. The molecule has 10 nitrogen and oxygen atoms in total. The van der Waals surface area contributed by atoms with Gasteiger partial charge in [-0.25, -0.2) is 0 Å². The molecular formula is C32H32F3N3O7S2. The van der Waals surface area contributed by atoms with Crippen LogP contribution in [-0.2, 0) is 34.7 Å². The molecule has 0 radical (unpaired) electrons. The molecule has 3 aromatic carbocycles. The average Bonchev–Trinajstić information content (AvgIpc) is 3.20. The smallest absolute Gasteiger partial charge is 0.417 e. The molecule has 1 heterocycles. The Kier molecular flexibility index (Phi) is 11.3. The van der Waals surface area contributed by atoms with Crippen LogP contribution >= 0.6 is 12.2 Å². The van der Waals surface area contributed by atoms with E-state index in [1.165, 1.54) is 24.3 Å². The Morgan fingerprint density at radius 2 is 1.45 bits per heavy atom. The number of alkyl halides is 3. The molecule has 1 amide bonds. The second-order valence-corrected chi connectivity index (χ2v) is 12.8. The molecule has 1 aliphatic rings. The van der Waals surface area contributed by atoms with Gasteiger partial charge in [-0.15, -0.1) is 0 Å². The maximum atomic E-state index is 13.6. The van der Waals surface area contributed by atoms with Crippen molar-refractivity contribution >= 4 is 44.7 Å². The molecule has 15 heteroatoms. The molecular weight excluding hydrogens is 659 g/mol. The van der Waals surface area contributed by atoms with Crippen molar-refractivity contribution in [2.75, 3.05) is 49.4 Å². The summed E-state index contributed by atoms with van der Waals surface area (Å²) in [6, 6.07) is 17.6.